The van der Waals surface area contributed by atoms with E-state index in [0.29, 0.717) is 12.1 Å². The summed E-state index contributed by atoms with van der Waals surface area (Å²) in [6.07, 6.45) is 3.13. The van der Waals surface area contributed by atoms with Gasteiger partial charge in [0.2, 0.25) is 10.0 Å². The average molecular weight is 444 g/mol. The normalized spacial score (nSPS) is 21.7. The molecule has 3 atom stereocenters. The van der Waals surface area contributed by atoms with Gasteiger partial charge in [-0.25, -0.2) is 8.42 Å². The number of hydrogen-bond acceptors (Lipinski definition) is 6. The van der Waals surface area contributed by atoms with E-state index in [9.17, 15) is 13.5 Å². The summed E-state index contributed by atoms with van der Waals surface area (Å²) in [6, 6.07) is 8.03. The number of sulfonamides is 1. The molecule has 8 heteroatoms. The van der Waals surface area contributed by atoms with Gasteiger partial charge in [-0.2, -0.15) is 4.31 Å². The maximum atomic E-state index is 13.4. The van der Waals surface area contributed by atoms with Crippen molar-refractivity contribution in [2.45, 2.75) is 30.9 Å². The Morgan fingerprint density at radius 3 is 2.68 bits per heavy atom. The molecule has 0 aliphatic carbocycles. The van der Waals surface area contributed by atoms with E-state index < -0.39 is 16.1 Å². The fourth-order valence-corrected chi connectivity index (χ4v) is 5.29. The van der Waals surface area contributed by atoms with Crippen molar-refractivity contribution in [1.82, 2.24) is 14.2 Å². The molecule has 0 spiro atoms. The molecule has 166 valence electrons. The van der Waals surface area contributed by atoms with Crippen LogP contribution in [0.5, 0.6) is 5.75 Å². The minimum atomic E-state index is -3.85. The van der Waals surface area contributed by atoms with E-state index in [2.05, 4.69) is 16.8 Å². The maximum absolute atomic E-state index is 13.4. The van der Waals surface area contributed by atoms with Crippen LogP contribution in [-0.2, 0) is 10.0 Å². The van der Waals surface area contributed by atoms with Gasteiger partial charge in [0.05, 0.1) is 6.61 Å². The average Bonchev–Trinajstić information content (AvgIpc) is 2.74. The molecule has 0 bridgehead atoms. The van der Waals surface area contributed by atoms with Crippen molar-refractivity contribution in [2.24, 2.45) is 5.92 Å². The molecule has 1 aromatic carbocycles. The van der Waals surface area contributed by atoms with Gasteiger partial charge >= 0.3 is 0 Å². The van der Waals surface area contributed by atoms with Crippen molar-refractivity contribution in [3.05, 3.63) is 53.9 Å². The van der Waals surface area contributed by atoms with Gasteiger partial charge in [0.15, 0.2) is 0 Å². The number of fused-ring (bicyclic) bond motifs is 1. The number of pyridine rings is 1. The van der Waals surface area contributed by atoms with Crippen LogP contribution in [0, 0.1) is 17.8 Å². The van der Waals surface area contributed by atoms with Crippen LogP contribution in [0.4, 0.5) is 0 Å². The van der Waals surface area contributed by atoms with Crippen molar-refractivity contribution < 1.29 is 18.3 Å². The first-order valence-electron chi connectivity index (χ1n) is 10.2. The van der Waals surface area contributed by atoms with Crippen LogP contribution in [0.15, 0.2) is 47.6 Å². The van der Waals surface area contributed by atoms with E-state index in [4.69, 9.17) is 4.74 Å². The summed E-state index contributed by atoms with van der Waals surface area (Å²) in [5, 5.41) is 9.68. The van der Waals surface area contributed by atoms with Gasteiger partial charge in [0.1, 0.15) is 16.7 Å². The number of nitrogens with zero attached hydrogens (tertiary/aromatic N) is 3. The summed E-state index contributed by atoms with van der Waals surface area (Å²) in [5.41, 5.74) is 1.42. The third-order valence-corrected chi connectivity index (χ3v) is 7.24. The van der Waals surface area contributed by atoms with Crippen LogP contribution in [0.25, 0.3) is 0 Å². The van der Waals surface area contributed by atoms with Gasteiger partial charge in [-0.1, -0.05) is 18.8 Å². The van der Waals surface area contributed by atoms with Gasteiger partial charge in [0, 0.05) is 48.6 Å². The topological polar surface area (TPSA) is 83.0 Å². The van der Waals surface area contributed by atoms with Crippen molar-refractivity contribution in [3.63, 3.8) is 0 Å². The fraction of sp³-hybridized carbons (Fsp3) is 0.435. The molecule has 2 heterocycles. The number of benzene rings is 1. The van der Waals surface area contributed by atoms with E-state index in [0.717, 1.165) is 5.56 Å². The van der Waals surface area contributed by atoms with E-state index in [-0.39, 0.29) is 35.8 Å². The van der Waals surface area contributed by atoms with Crippen molar-refractivity contribution in [1.29, 1.82) is 0 Å². The number of ether oxygens (including phenoxy) is 1. The lowest BCUT2D eigenvalue weighted by Gasteiger charge is -2.37. The summed E-state index contributed by atoms with van der Waals surface area (Å²) in [6.45, 7) is 4.33. The summed E-state index contributed by atoms with van der Waals surface area (Å²) in [5.74, 6) is 6.30. The predicted octanol–water partition coefficient (Wildman–Crippen LogP) is 1.81. The number of aromatic nitrogens is 1. The lowest BCUT2D eigenvalue weighted by molar-refractivity contribution is 0.0812. The molecule has 1 N–H and O–H groups in total. The standard InChI is InChI=1S/C23H29N3O4S/c1-17-14-26(18(2)16-27)31(28,29)23-10-9-19(7-8-20-6-5-11-24-13-20)12-21(23)30-22(17)15-25(3)4/h5-6,9-13,17-18,22,27H,14-16H2,1-4H3/t17-,18-,22+/m0/s1. The molecule has 0 radical (unpaired) electrons. The third kappa shape index (κ3) is 5.43. The molecule has 1 aliphatic rings. The van der Waals surface area contributed by atoms with Crippen LogP contribution in [0.1, 0.15) is 25.0 Å². The molecule has 2 aromatic rings. The second-order valence-corrected chi connectivity index (χ2v) is 10.0. The lowest BCUT2D eigenvalue weighted by Crippen LogP contribution is -2.49. The van der Waals surface area contributed by atoms with E-state index in [1.165, 1.54) is 10.4 Å². The molecular weight excluding hydrogens is 414 g/mol. The molecule has 0 saturated carbocycles. The molecule has 31 heavy (non-hydrogen) atoms. The van der Waals surface area contributed by atoms with Crippen molar-refractivity contribution in [2.75, 3.05) is 33.8 Å². The Morgan fingerprint density at radius 2 is 2.03 bits per heavy atom. The molecular formula is C23H29N3O4S. The van der Waals surface area contributed by atoms with Crippen molar-refractivity contribution in [3.8, 4) is 17.6 Å². The first-order chi connectivity index (χ1) is 14.7. The minimum Gasteiger partial charge on any atom is -0.487 e. The summed E-state index contributed by atoms with van der Waals surface area (Å²) < 4.78 is 34.5. The number of aliphatic hydroxyl groups is 1. The smallest absolute Gasteiger partial charge is 0.247 e. The lowest BCUT2D eigenvalue weighted by atomic mass is 10.0. The van der Waals surface area contributed by atoms with Crippen LogP contribution in [0.3, 0.4) is 0 Å². The summed E-state index contributed by atoms with van der Waals surface area (Å²) in [4.78, 5) is 6.16. The van der Waals surface area contributed by atoms with Crippen LogP contribution < -0.4 is 4.74 Å². The number of likely N-dealkylation sites (N-methyl/N-ethyl adjacent to an activating group) is 1. The molecule has 0 saturated heterocycles. The monoisotopic (exact) mass is 443 g/mol. The molecule has 0 amide bonds. The quantitative estimate of drug-likeness (QED) is 0.726. The predicted molar refractivity (Wildman–Crippen MR) is 119 cm³/mol. The number of hydrogen-bond donors (Lipinski definition) is 1. The number of aliphatic hydroxyl groups excluding tert-OH is 1. The molecule has 3 rings (SSSR count). The number of rotatable bonds is 4. The largest absolute Gasteiger partial charge is 0.487 e. The second kappa shape index (κ2) is 9.79. The first-order valence-corrected chi connectivity index (χ1v) is 11.7. The highest BCUT2D eigenvalue weighted by Gasteiger charge is 2.37. The summed E-state index contributed by atoms with van der Waals surface area (Å²) >= 11 is 0. The molecule has 7 nitrogen and oxygen atoms in total. The molecule has 0 fully saturated rings. The highest BCUT2D eigenvalue weighted by molar-refractivity contribution is 7.89. The summed E-state index contributed by atoms with van der Waals surface area (Å²) in [7, 11) is 0.0634. The zero-order valence-corrected chi connectivity index (χ0v) is 19.1. The SMILES string of the molecule is C[C@H]1CN([C@@H](C)CO)S(=O)(=O)c2ccc(C#Cc3cccnc3)cc2O[C@@H]1CN(C)C. The Labute approximate surface area is 184 Å². The van der Waals surface area contributed by atoms with Crippen molar-refractivity contribution >= 4 is 10.0 Å². The maximum Gasteiger partial charge on any atom is 0.247 e. The van der Waals surface area contributed by atoms with Gasteiger partial charge in [0.25, 0.3) is 0 Å². The van der Waals surface area contributed by atoms with Gasteiger partial charge in [-0.3, -0.25) is 4.98 Å². The van der Waals surface area contributed by atoms with Gasteiger partial charge < -0.3 is 14.7 Å². The third-order valence-electron chi connectivity index (χ3n) is 5.22. The van der Waals surface area contributed by atoms with Gasteiger partial charge in [-0.05, 0) is 51.4 Å². The Morgan fingerprint density at radius 1 is 1.29 bits per heavy atom. The Balaban J connectivity index is 2.08. The van der Waals surface area contributed by atoms with E-state index in [1.54, 1.807) is 31.5 Å². The molecule has 1 aromatic heterocycles. The highest BCUT2D eigenvalue weighted by Crippen LogP contribution is 2.34. The Hall–Kier alpha value is -2.44. The highest BCUT2D eigenvalue weighted by atomic mass is 32.2. The zero-order chi connectivity index (χ0) is 22.6. The zero-order valence-electron chi connectivity index (χ0n) is 18.3. The van der Waals surface area contributed by atoms with E-state index in [1.807, 2.05) is 38.1 Å². The van der Waals surface area contributed by atoms with E-state index >= 15 is 0 Å². The minimum absolute atomic E-state index is 0.0792. The Kier molecular flexibility index (Phi) is 7.34. The molecule has 0 unspecified atom stereocenters. The molecule has 1 aliphatic heterocycles. The van der Waals surface area contributed by atoms with Crippen LogP contribution in [0.2, 0.25) is 0 Å². The van der Waals surface area contributed by atoms with Crippen LogP contribution >= 0.6 is 0 Å². The van der Waals surface area contributed by atoms with Crippen LogP contribution in [-0.4, -0.2) is 73.7 Å². The fourth-order valence-electron chi connectivity index (χ4n) is 3.46. The first kappa shape index (κ1) is 23.2. The Bertz CT molecular complexity index is 1060. The second-order valence-electron chi connectivity index (χ2n) is 8.16. The van der Waals surface area contributed by atoms with Gasteiger partial charge in [-0.15, -0.1) is 0 Å².